The molecule has 0 aliphatic carbocycles. The average molecular weight is 342 g/mol. The first kappa shape index (κ1) is 18.3. The smallest absolute Gasteiger partial charge is 0.493 e. The van der Waals surface area contributed by atoms with Gasteiger partial charge >= 0.3 is 6.16 Å². The lowest BCUT2D eigenvalue weighted by Gasteiger charge is -2.14. The molecule has 6 heteroatoms. The second kappa shape index (κ2) is 8.73. The Labute approximate surface area is 147 Å². The lowest BCUT2D eigenvalue weighted by atomic mass is 9.97. The van der Waals surface area contributed by atoms with E-state index in [9.17, 15) is 4.79 Å². The predicted octanol–water partition coefficient (Wildman–Crippen LogP) is 3.85. The van der Waals surface area contributed by atoms with E-state index in [1.807, 2.05) is 50.2 Å². The third-order valence-electron chi connectivity index (χ3n) is 3.41. The Bertz CT molecular complexity index is 772. The summed E-state index contributed by atoms with van der Waals surface area (Å²) in [5.74, 6) is 0.834. The molecule has 2 aromatic carbocycles. The van der Waals surface area contributed by atoms with Gasteiger partial charge in [-0.15, -0.1) is 0 Å². The van der Waals surface area contributed by atoms with E-state index in [2.05, 4.69) is 14.7 Å². The van der Waals surface area contributed by atoms with E-state index >= 15 is 0 Å². The largest absolute Gasteiger partial charge is 0.535 e. The maximum Gasteiger partial charge on any atom is 0.535 e. The van der Waals surface area contributed by atoms with Gasteiger partial charge in [-0.25, -0.2) is 4.79 Å². The molecule has 0 unspecified atom stereocenters. The van der Waals surface area contributed by atoms with Crippen molar-refractivity contribution in [1.82, 2.24) is 0 Å². The molecule has 0 spiro atoms. The van der Waals surface area contributed by atoms with Crippen LogP contribution in [0.15, 0.2) is 47.6 Å². The molecule has 0 amide bonds. The van der Waals surface area contributed by atoms with E-state index in [1.54, 1.807) is 13.0 Å². The highest BCUT2D eigenvalue weighted by molar-refractivity contribution is 6.03. The van der Waals surface area contributed by atoms with Crippen LogP contribution in [-0.4, -0.2) is 25.2 Å². The van der Waals surface area contributed by atoms with Crippen molar-refractivity contribution >= 4 is 12.0 Å². The number of hydrogen-bond donors (Lipinski definition) is 1. The third-order valence-corrected chi connectivity index (χ3v) is 3.41. The van der Waals surface area contributed by atoms with Crippen molar-refractivity contribution in [3.63, 3.8) is 0 Å². The molecule has 0 aliphatic heterocycles. The fourth-order valence-electron chi connectivity index (χ4n) is 2.35. The van der Waals surface area contributed by atoms with Gasteiger partial charge < -0.3 is 15.2 Å². The molecule has 0 atom stereocenters. The summed E-state index contributed by atoms with van der Waals surface area (Å²) >= 11 is 0. The molecule has 0 fully saturated rings. The molecule has 0 saturated carbocycles. The van der Waals surface area contributed by atoms with E-state index in [-0.39, 0.29) is 12.4 Å². The molecule has 2 N–H and O–H groups in total. The van der Waals surface area contributed by atoms with Crippen LogP contribution in [-0.2, 0) is 9.57 Å². The Hall–Kier alpha value is -3.02. The van der Waals surface area contributed by atoms with E-state index in [0.29, 0.717) is 12.2 Å². The minimum absolute atomic E-state index is 0.0756. The SMILES string of the molecule is CCOC(=O)ON=C(N)c1ccccc1-c1ccc(C)cc1OCC. The van der Waals surface area contributed by atoms with E-state index < -0.39 is 6.16 Å². The summed E-state index contributed by atoms with van der Waals surface area (Å²) in [4.78, 5) is 15.9. The number of oxime groups is 1. The fourth-order valence-corrected chi connectivity index (χ4v) is 2.35. The number of carbonyl (C=O) groups excluding carboxylic acids is 1. The molecule has 0 aromatic heterocycles. The fraction of sp³-hybridized carbons (Fsp3) is 0.263. The minimum atomic E-state index is -0.895. The average Bonchev–Trinajstić information content (AvgIpc) is 2.60. The van der Waals surface area contributed by atoms with Crippen molar-refractivity contribution in [3.05, 3.63) is 53.6 Å². The highest BCUT2D eigenvalue weighted by Gasteiger charge is 2.14. The molecule has 25 heavy (non-hydrogen) atoms. The van der Waals surface area contributed by atoms with Crippen LogP contribution in [0.5, 0.6) is 5.75 Å². The van der Waals surface area contributed by atoms with Crippen LogP contribution in [0.4, 0.5) is 4.79 Å². The molecule has 0 heterocycles. The summed E-state index contributed by atoms with van der Waals surface area (Å²) < 4.78 is 10.4. The molecule has 2 aromatic rings. The van der Waals surface area contributed by atoms with Crippen molar-refractivity contribution in [3.8, 4) is 16.9 Å². The van der Waals surface area contributed by atoms with Crippen LogP contribution < -0.4 is 10.5 Å². The van der Waals surface area contributed by atoms with E-state index in [0.717, 1.165) is 22.4 Å². The van der Waals surface area contributed by atoms with Gasteiger partial charge in [-0.1, -0.05) is 41.6 Å². The van der Waals surface area contributed by atoms with Crippen LogP contribution >= 0.6 is 0 Å². The van der Waals surface area contributed by atoms with Gasteiger partial charge in [-0.2, -0.15) is 0 Å². The molecular weight excluding hydrogens is 320 g/mol. The number of ether oxygens (including phenoxy) is 2. The van der Waals surface area contributed by atoms with Crippen molar-refractivity contribution in [2.45, 2.75) is 20.8 Å². The van der Waals surface area contributed by atoms with Gasteiger partial charge in [0.1, 0.15) is 5.75 Å². The van der Waals surface area contributed by atoms with Crippen molar-refractivity contribution < 1.29 is 19.1 Å². The molecule has 0 radical (unpaired) electrons. The summed E-state index contributed by atoms with van der Waals surface area (Å²) in [5.41, 5.74) is 9.46. The Morgan fingerprint density at radius 2 is 1.84 bits per heavy atom. The van der Waals surface area contributed by atoms with Crippen LogP contribution in [0.25, 0.3) is 11.1 Å². The maximum atomic E-state index is 11.3. The summed E-state index contributed by atoms with van der Waals surface area (Å²) in [7, 11) is 0. The zero-order chi connectivity index (χ0) is 18.2. The molecular formula is C19H22N2O4. The molecule has 0 aliphatic rings. The van der Waals surface area contributed by atoms with Crippen LogP contribution in [0.3, 0.4) is 0 Å². The monoisotopic (exact) mass is 342 g/mol. The van der Waals surface area contributed by atoms with Gasteiger partial charge in [-0.3, -0.25) is 4.84 Å². The Morgan fingerprint density at radius 1 is 1.08 bits per heavy atom. The van der Waals surface area contributed by atoms with Crippen LogP contribution in [0.2, 0.25) is 0 Å². The first-order valence-corrected chi connectivity index (χ1v) is 8.07. The molecule has 2 rings (SSSR count). The number of aryl methyl sites for hydroxylation is 1. The zero-order valence-electron chi connectivity index (χ0n) is 14.6. The van der Waals surface area contributed by atoms with Crippen LogP contribution in [0, 0.1) is 6.92 Å². The van der Waals surface area contributed by atoms with E-state index in [4.69, 9.17) is 10.5 Å². The standard InChI is InChI=1S/C19H22N2O4/c1-4-23-17-12-13(3)10-11-15(17)14-8-6-7-9-16(14)18(20)21-25-19(22)24-5-2/h6-12H,4-5H2,1-3H3,(H2,20,21). The first-order chi connectivity index (χ1) is 12.1. The summed E-state index contributed by atoms with van der Waals surface area (Å²) in [5, 5.41) is 3.67. The lowest BCUT2D eigenvalue weighted by Crippen LogP contribution is -2.16. The molecule has 132 valence electrons. The van der Waals surface area contributed by atoms with Gasteiger partial charge in [-0.05, 0) is 38.0 Å². The Balaban J connectivity index is 2.42. The van der Waals surface area contributed by atoms with Crippen molar-refractivity contribution in [2.75, 3.05) is 13.2 Å². The molecule has 6 nitrogen and oxygen atoms in total. The summed E-state index contributed by atoms with van der Waals surface area (Å²) in [6.45, 7) is 6.36. The quantitative estimate of drug-likeness (QED) is 0.283. The number of nitrogens with zero attached hydrogens (tertiary/aromatic N) is 1. The number of carbonyl (C=O) groups is 1. The summed E-state index contributed by atoms with van der Waals surface area (Å²) in [6.07, 6.45) is -0.895. The van der Waals surface area contributed by atoms with Crippen LogP contribution in [0.1, 0.15) is 25.0 Å². The number of amidine groups is 1. The maximum absolute atomic E-state index is 11.3. The number of nitrogens with two attached hydrogens (primary N) is 1. The van der Waals surface area contributed by atoms with Gasteiger partial charge in [0.05, 0.1) is 13.2 Å². The van der Waals surface area contributed by atoms with Gasteiger partial charge in [0, 0.05) is 11.1 Å². The number of rotatable bonds is 6. The van der Waals surface area contributed by atoms with Crippen molar-refractivity contribution in [1.29, 1.82) is 0 Å². The predicted molar refractivity (Wildman–Crippen MR) is 96.6 cm³/mol. The molecule has 0 saturated heterocycles. The Morgan fingerprint density at radius 3 is 2.56 bits per heavy atom. The van der Waals surface area contributed by atoms with Crippen molar-refractivity contribution in [2.24, 2.45) is 10.9 Å². The summed E-state index contributed by atoms with van der Waals surface area (Å²) in [6, 6.07) is 13.4. The molecule has 0 bridgehead atoms. The van der Waals surface area contributed by atoms with Gasteiger partial charge in [0.2, 0.25) is 0 Å². The normalized spacial score (nSPS) is 11.1. The Kier molecular flexibility index (Phi) is 6.39. The third kappa shape index (κ3) is 4.73. The second-order valence-corrected chi connectivity index (χ2v) is 5.23. The number of hydrogen-bond acceptors (Lipinski definition) is 5. The first-order valence-electron chi connectivity index (χ1n) is 8.07. The zero-order valence-corrected chi connectivity index (χ0v) is 14.6. The second-order valence-electron chi connectivity index (χ2n) is 5.23. The number of benzene rings is 2. The topological polar surface area (TPSA) is 83.1 Å². The minimum Gasteiger partial charge on any atom is -0.493 e. The van der Waals surface area contributed by atoms with Gasteiger partial charge in [0.25, 0.3) is 0 Å². The van der Waals surface area contributed by atoms with Gasteiger partial charge in [0.15, 0.2) is 5.84 Å². The lowest BCUT2D eigenvalue weighted by molar-refractivity contribution is 0.0613. The van der Waals surface area contributed by atoms with E-state index in [1.165, 1.54) is 0 Å². The highest BCUT2D eigenvalue weighted by atomic mass is 16.8. The highest BCUT2D eigenvalue weighted by Crippen LogP contribution is 2.33.